The zero-order valence-corrected chi connectivity index (χ0v) is 11.3. The highest BCUT2D eigenvalue weighted by Crippen LogP contribution is 2.24. The van der Waals surface area contributed by atoms with Crippen LogP contribution in [0.25, 0.3) is 11.0 Å². The van der Waals surface area contributed by atoms with Gasteiger partial charge in [0, 0.05) is 12.4 Å². The predicted molar refractivity (Wildman–Crippen MR) is 79.7 cm³/mol. The van der Waals surface area contributed by atoms with Crippen LogP contribution in [0.4, 0.5) is 4.39 Å². The molecule has 0 fully saturated rings. The molecular formula is C16H15FN4. The molecule has 1 heterocycles. The summed E-state index contributed by atoms with van der Waals surface area (Å²) in [5.41, 5.74) is 6.23. The average molecular weight is 282 g/mol. The predicted octanol–water partition coefficient (Wildman–Crippen LogP) is 2.52. The van der Waals surface area contributed by atoms with E-state index in [0.29, 0.717) is 6.42 Å². The first-order chi connectivity index (χ1) is 10.3. The normalized spacial score (nSPS) is 12.5. The van der Waals surface area contributed by atoms with E-state index in [0.717, 1.165) is 22.2 Å². The third-order valence-electron chi connectivity index (χ3n) is 3.44. The van der Waals surface area contributed by atoms with E-state index in [1.165, 1.54) is 12.1 Å². The molecule has 3 rings (SSSR count). The lowest BCUT2D eigenvalue weighted by atomic mass is 9.98. The Morgan fingerprint density at radius 3 is 2.71 bits per heavy atom. The number of rotatable bonds is 4. The van der Waals surface area contributed by atoms with Gasteiger partial charge in [-0.3, -0.25) is 21.2 Å². The Balaban J connectivity index is 1.98. The average Bonchev–Trinajstić information content (AvgIpc) is 2.52. The highest BCUT2D eigenvalue weighted by molar-refractivity contribution is 5.78. The molecule has 1 atom stereocenters. The van der Waals surface area contributed by atoms with Crippen molar-refractivity contribution in [3.8, 4) is 0 Å². The molecule has 0 radical (unpaired) electrons. The summed E-state index contributed by atoms with van der Waals surface area (Å²) in [6.07, 6.45) is 3.88. The van der Waals surface area contributed by atoms with E-state index in [1.807, 2.05) is 24.3 Å². The molecule has 0 amide bonds. The van der Waals surface area contributed by atoms with Crippen LogP contribution in [0.3, 0.4) is 0 Å². The summed E-state index contributed by atoms with van der Waals surface area (Å²) < 4.78 is 13.3. The Bertz CT molecular complexity index is 755. The summed E-state index contributed by atoms with van der Waals surface area (Å²) in [5, 5.41) is 0. The SMILES string of the molecule is NNC(Cc1cccc(F)c1)c1cccc2nccnc12. The van der Waals surface area contributed by atoms with E-state index in [1.54, 1.807) is 18.5 Å². The number of nitrogens with zero attached hydrogens (tertiary/aromatic N) is 2. The minimum absolute atomic E-state index is 0.160. The molecule has 1 aromatic heterocycles. The van der Waals surface area contributed by atoms with Crippen LogP contribution >= 0.6 is 0 Å². The van der Waals surface area contributed by atoms with E-state index in [4.69, 9.17) is 5.84 Å². The first kappa shape index (κ1) is 13.6. The molecule has 3 aromatic rings. The number of halogens is 1. The zero-order chi connectivity index (χ0) is 14.7. The molecular weight excluding hydrogens is 267 g/mol. The molecule has 0 bridgehead atoms. The van der Waals surface area contributed by atoms with Gasteiger partial charge < -0.3 is 0 Å². The third kappa shape index (κ3) is 2.89. The summed E-state index contributed by atoms with van der Waals surface area (Å²) in [7, 11) is 0. The van der Waals surface area contributed by atoms with Crippen LogP contribution < -0.4 is 11.3 Å². The van der Waals surface area contributed by atoms with Crippen molar-refractivity contribution in [3.63, 3.8) is 0 Å². The quantitative estimate of drug-likeness (QED) is 0.570. The van der Waals surface area contributed by atoms with Crippen molar-refractivity contribution >= 4 is 11.0 Å². The Morgan fingerprint density at radius 1 is 1.10 bits per heavy atom. The Kier molecular flexibility index (Phi) is 3.85. The lowest BCUT2D eigenvalue weighted by Gasteiger charge is -2.17. The van der Waals surface area contributed by atoms with Crippen LogP contribution in [0.15, 0.2) is 54.9 Å². The molecule has 4 nitrogen and oxygen atoms in total. The zero-order valence-electron chi connectivity index (χ0n) is 11.3. The molecule has 0 saturated carbocycles. The third-order valence-corrected chi connectivity index (χ3v) is 3.44. The number of hydrazine groups is 1. The van der Waals surface area contributed by atoms with Crippen molar-refractivity contribution < 1.29 is 4.39 Å². The number of fused-ring (bicyclic) bond motifs is 1. The molecule has 5 heteroatoms. The van der Waals surface area contributed by atoms with Crippen LogP contribution in [0.1, 0.15) is 17.2 Å². The summed E-state index contributed by atoms with van der Waals surface area (Å²) in [6, 6.07) is 12.1. The van der Waals surface area contributed by atoms with Crippen molar-refractivity contribution in [2.45, 2.75) is 12.5 Å². The lowest BCUT2D eigenvalue weighted by Crippen LogP contribution is -2.29. The van der Waals surface area contributed by atoms with Gasteiger partial charge in [0.1, 0.15) is 5.82 Å². The number of aromatic nitrogens is 2. The van der Waals surface area contributed by atoms with Crippen LogP contribution in [0, 0.1) is 5.82 Å². The Labute approximate surface area is 121 Å². The number of nitrogens with two attached hydrogens (primary N) is 1. The van der Waals surface area contributed by atoms with Crippen LogP contribution in [-0.2, 0) is 6.42 Å². The van der Waals surface area contributed by atoms with Gasteiger partial charge in [0.15, 0.2) is 0 Å². The van der Waals surface area contributed by atoms with E-state index < -0.39 is 0 Å². The van der Waals surface area contributed by atoms with Gasteiger partial charge in [-0.2, -0.15) is 0 Å². The lowest BCUT2D eigenvalue weighted by molar-refractivity contribution is 0.551. The second-order valence-electron chi connectivity index (χ2n) is 4.82. The van der Waals surface area contributed by atoms with Crippen molar-refractivity contribution in [2.75, 3.05) is 0 Å². The van der Waals surface area contributed by atoms with Gasteiger partial charge in [-0.1, -0.05) is 24.3 Å². The van der Waals surface area contributed by atoms with Gasteiger partial charge >= 0.3 is 0 Å². The van der Waals surface area contributed by atoms with Gasteiger partial charge in [-0.15, -0.1) is 0 Å². The van der Waals surface area contributed by atoms with Gasteiger partial charge in [-0.25, -0.2) is 4.39 Å². The smallest absolute Gasteiger partial charge is 0.123 e. The highest BCUT2D eigenvalue weighted by Gasteiger charge is 2.15. The fourth-order valence-electron chi connectivity index (χ4n) is 2.45. The van der Waals surface area contributed by atoms with E-state index in [9.17, 15) is 4.39 Å². The molecule has 0 saturated heterocycles. The topological polar surface area (TPSA) is 63.8 Å². The first-order valence-electron chi connectivity index (χ1n) is 6.68. The summed E-state index contributed by atoms with van der Waals surface area (Å²) in [4.78, 5) is 8.67. The Morgan fingerprint density at radius 2 is 1.90 bits per heavy atom. The second-order valence-corrected chi connectivity index (χ2v) is 4.82. The van der Waals surface area contributed by atoms with Crippen molar-refractivity contribution in [1.82, 2.24) is 15.4 Å². The standard InChI is InChI=1S/C16H15FN4/c17-12-4-1-3-11(9-12)10-15(21-18)13-5-2-6-14-16(13)20-8-7-19-14/h1-9,15,21H,10,18H2. The molecule has 2 aromatic carbocycles. The fraction of sp³-hybridized carbons (Fsp3) is 0.125. The fourth-order valence-corrected chi connectivity index (χ4v) is 2.45. The molecule has 0 aliphatic carbocycles. The molecule has 0 aliphatic rings. The summed E-state index contributed by atoms with van der Waals surface area (Å²) in [6.45, 7) is 0. The maximum atomic E-state index is 13.3. The maximum Gasteiger partial charge on any atom is 0.123 e. The monoisotopic (exact) mass is 282 g/mol. The van der Waals surface area contributed by atoms with Crippen LogP contribution in [0.5, 0.6) is 0 Å². The number of para-hydroxylation sites is 1. The largest absolute Gasteiger partial charge is 0.271 e. The number of hydrogen-bond acceptors (Lipinski definition) is 4. The number of hydrogen-bond donors (Lipinski definition) is 2. The Hall–Kier alpha value is -2.37. The van der Waals surface area contributed by atoms with E-state index >= 15 is 0 Å². The van der Waals surface area contributed by atoms with Crippen LogP contribution in [-0.4, -0.2) is 9.97 Å². The maximum absolute atomic E-state index is 13.3. The molecule has 0 aliphatic heterocycles. The molecule has 0 spiro atoms. The van der Waals surface area contributed by atoms with Gasteiger partial charge in [0.25, 0.3) is 0 Å². The van der Waals surface area contributed by atoms with Crippen molar-refractivity contribution in [1.29, 1.82) is 0 Å². The highest BCUT2D eigenvalue weighted by atomic mass is 19.1. The molecule has 3 N–H and O–H groups in total. The minimum atomic E-state index is -0.249. The van der Waals surface area contributed by atoms with Gasteiger partial charge in [-0.05, 0) is 35.7 Å². The second kappa shape index (κ2) is 5.95. The van der Waals surface area contributed by atoms with Gasteiger partial charge in [0.2, 0.25) is 0 Å². The number of benzene rings is 2. The van der Waals surface area contributed by atoms with Crippen molar-refractivity contribution in [3.05, 3.63) is 71.8 Å². The summed E-state index contributed by atoms with van der Waals surface area (Å²) >= 11 is 0. The molecule has 1 unspecified atom stereocenters. The molecule has 106 valence electrons. The van der Waals surface area contributed by atoms with Crippen LogP contribution in [0.2, 0.25) is 0 Å². The van der Waals surface area contributed by atoms with Crippen molar-refractivity contribution in [2.24, 2.45) is 5.84 Å². The van der Waals surface area contributed by atoms with E-state index in [-0.39, 0.29) is 11.9 Å². The number of nitrogens with one attached hydrogen (secondary N) is 1. The summed E-state index contributed by atoms with van der Waals surface area (Å²) in [5.74, 6) is 5.44. The minimum Gasteiger partial charge on any atom is -0.271 e. The molecule has 21 heavy (non-hydrogen) atoms. The first-order valence-corrected chi connectivity index (χ1v) is 6.68. The van der Waals surface area contributed by atoms with Gasteiger partial charge in [0.05, 0.1) is 17.1 Å². The van der Waals surface area contributed by atoms with E-state index in [2.05, 4.69) is 15.4 Å².